The maximum absolute atomic E-state index is 13.0. The molecule has 1 amide bonds. The van der Waals surface area contributed by atoms with E-state index in [4.69, 9.17) is 26.8 Å². The van der Waals surface area contributed by atoms with Crippen LogP contribution < -0.4 is 10.5 Å². The van der Waals surface area contributed by atoms with Gasteiger partial charge in [-0.05, 0) is 50.9 Å². The van der Waals surface area contributed by atoms with Gasteiger partial charge in [0.1, 0.15) is 11.6 Å². The summed E-state index contributed by atoms with van der Waals surface area (Å²) in [4.78, 5) is 14.2. The summed E-state index contributed by atoms with van der Waals surface area (Å²) in [6.45, 7) is 4.23. The molecule has 1 fully saturated rings. The van der Waals surface area contributed by atoms with Gasteiger partial charge in [0.05, 0.1) is 11.1 Å². The Bertz CT molecular complexity index is 555. The van der Waals surface area contributed by atoms with Crippen molar-refractivity contribution in [3.63, 3.8) is 0 Å². The van der Waals surface area contributed by atoms with Crippen LogP contribution >= 0.6 is 24.0 Å². The second-order valence-electron chi connectivity index (χ2n) is 5.87. The van der Waals surface area contributed by atoms with Crippen LogP contribution in [0.2, 0.25) is 5.02 Å². The Hall–Kier alpha value is -1.08. The van der Waals surface area contributed by atoms with Crippen LogP contribution in [0.1, 0.15) is 26.2 Å². The second-order valence-corrected chi connectivity index (χ2v) is 6.28. The molecule has 0 spiro atoms. The van der Waals surface area contributed by atoms with E-state index in [1.807, 2.05) is 0 Å². The van der Waals surface area contributed by atoms with Crippen molar-refractivity contribution >= 4 is 29.9 Å². The van der Waals surface area contributed by atoms with Crippen molar-refractivity contribution in [2.45, 2.75) is 38.4 Å². The average Bonchev–Trinajstić information content (AvgIpc) is 2.57. The first kappa shape index (κ1) is 22.0. The Morgan fingerprint density at radius 1 is 1.44 bits per heavy atom. The molecule has 8 heteroatoms. The van der Waals surface area contributed by atoms with Crippen LogP contribution in [-0.2, 0) is 9.53 Å². The van der Waals surface area contributed by atoms with Crippen LogP contribution in [0, 0.1) is 5.82 Å². The fraction of sp³-hybridized carbons (Fsp3) is 0.588. The van der Waals surface area contributed by atoms with Crippen LogP contribution in [0.3, 0.4) is 0 Å². The molecule has 25 heavy (non-hydrogen) atoms. The van der Waals surface area contributed by atoms with Gasteiger partial charge in [-0.3, -0.25) is 4.79 Å². The minimum atomic E-state index is -0.678. The molecule has 0 bridgehead atoms. The molecule has 1 unspecified atom stereocenters. The van der Waals surface area contributed by atoms with Crippen LogP contribution in [0.4, 0.5) is 4.39 Å². The molecule has 1 atom stereocenters. The number of halogens is 3. The summed E-state index contributed by atoms with van der Waals surface area (Å²) >= 11 is 5.93. The Kier molecular flexibility index (Phi) is 9.50. The molecular weight excluding hydrogens is 370 g/mol. The molecule has 1 aromatic carbocycles. The molecule has 0 saturated carbocycles. The first-order valence-electron chi connectivity index (χ1n) is 8.23. The fourth-order valence-electron chi connectivity index (χ4n) is 2.64. The molecule has 0 aromatic heterocycles. The van der Waals surface area contributed by atoms with Gasteiger partial charge in [-0.15, -0.1) is 12.4 Å². The van der Waals surface area contributed by atoms with Crippen LogP contribution in [0.25, 0.3) is 0 Å². The highest BCUT2D eigenvalue weighted by Crippen LogP contribution is 2.26. The Morgan fingerprint density at radius 3 is 2.72 bits per heavy atom. The summed E-state index contributed by atoms with van der Waals surface area (Å²) in [5.74, 6) is -0.238. The maximum Gasteiger partial charge on any atom is 0.263 e. The van der Waals surface area contributed by atoms with E-state index in [2.05, 4.69) is 0 Å². The molecule has 1 aromatic rings. The third kappa shape index (κ3) is 6.62. The van der Waals surface area contributed by atoms with Crippen LogP contribution in [-0.4, -0.2) is 49.3 Å². The van der Waals surface area contributed by atoms with Gasteiger partial charge in [0.25, 0.3) is 5.91 Å². The van der Waals surface area contributed by atoms with E-state index in [1.165, 1.54) is 12.1 Å². The van der Waals surface area contributed by atoms with E-state index in [0.717, 1.165) is 25.3 Å². The molecule has 1 saturated heterocycles. The summed E-state index contributed by atoms with van der Waals surface area (Å²) in [5.41, 5.74) is 5.44. The lowest BCUT2D eigenvalue weighted by Crippen LogP contribution is -2.46. The van der Waals surface area contributed by atoms with E-state index in [0.29, 0.717) is 32.0 Å². The molecule has 142 valence electrons. The molecular formula is C17H25Cl2FN2O3. The van der Waals surface area contributed by atoms with E-state index in [-0.39, 0.29) is 29.4 Å². The van der Waals surface area contributed by atoms with E-state index >= 15 is 0 Å². The Morgan fingerprint density at radius 2 is 2.12 bits per heavy atom. The number of nitrogens with zero attached hydrogens (tertiary/aromatic N) is 1. The maximum atomic E-state index is 13.0. The monoisotopic (exact) mass is 394 g/mol. The molecule has 1 aliphatic heterocycles. The zero-order chi connectivity index (χ0) is 17.5. The fourth-order valence-corrected chi connectivity index (χ4v) is 2.86. The lowest BCUT2D eigenvalue weighted by atomic mass is 10.1. The number of carbonyl (C=O) groups excluding carboxylic acids is 1. The van der Waals surface area contributed by atoms with Gasteiger partial charge in [0.15, 0.2) is 6.10 Å². The lowest BCUT2D eigenvalue weighted by Gasteiger charge is -2.33. The van der Waals surface area contributed by atoms with Gasteiger partial charge in [0, 0.05) is 19.7 Å². The van der Waals surface area contributed by atoms with Crippen molar-refractivity contribution in [1.82, 2.24) is 4.90 Å². The minimum absolute atomic E-state index is 0. The van der Waals surface area contributed by atoms with Crippen molar-refractivity contribution in [3.05, 3.63) is 29.0 Å². The van der Waals surface area contributed by atoms with Crippen LogP contribution in [0.15, 0.2) is 18.2 Å². The lowest BCUT2D eigenvalue weighted by molar-refractivity contribution is -0.140. The number of amides is 1. The number of carbonyl (C=O) groups is 1. The molecule has 1 heterocycles. The first-order chi connectivity index (χ1) is 11.5. The van der Waals surface area contributed by atoms with E-state index in [1.54, 1.807) is 11.8 Å². The van der Waals surface area contributed by atoms with Crippen LogP contribution in [0.5, 0.6) is 5.75 Å². The summed E-state index contributed by atoms with van der Waals surface area (Å²) in [5, 5.41) is 0.154. The highest BCUT2D eigenvalue weighted by Gasteiger charge is 2.27. The number of benzene rings is 1. The van der Waals surface area contributed by atoms with Crippen molar-refractivity contribution in [2.75, 3.05) is 26.2 Å². The minimum Gasteiger partial charge on any atom is -0.479 e. The molecule has 0 radical (unpaired) electrons. The third-order valence-electron chi connectivity index (χ3n) is 4.00. The summed E-state index contributed by atoms with van der Waals surface area (Å²) < 4.78 is 24.4. The average molecular weight is 395 g/mol. The number of rotatable bonds is 7. The highest BCUT2D eigenvalue weighted by molar-refractivity contribution is 6.32. The van der Waals surface area contributed by atoms with E-state index in [9.17, 15) is 9.18 Å². The van der Waals surface area contributed by atoms with Crippen molar-refractivity contribution < 1.29 is 18.7 Å². The predicted octanol–water partition coefficient (Wildman–Crippen LogP) is 3.02. The number of likely N-dealkylation sites (tertiary alicyclic amines) is 1. The van der Waals surface area contributed by atoms with Gasteiger partial charge < -0.3 is 20.1 Å². The smallest absolute Gasteiger partial charge is 0.263 e. The van der Waals surface area contributed by atoms with Crippen molar-refractivity contribution in [1.29, 1.82) is 0 Å². The van der Waals surface area contributed by atoms with Crippen molar-refractivity contribution in [3.8, 4) is 5.75 Å². The zero-order valence-corrected chi connectivity index (χ0v) is 15.8. The molecule has 1 aliphatic rings. The SMILES string of the molecule is CC(Oc1ccc(F)cc1Cl)C(=O)N1CCC(OCCCN)CC1.Cl. The number of piperidine rings is 1. The summed E-state index contributed by atoms with van der Waals surface area (Å²) in [6.07, 6.45) is 1.97. The number of ether oxygens (including phenoxy) is 2. The normalized spacial score (nSPS) is 16.2. The van der Waals surface area contributed by atoms with Gasteiger partial charge in [-0.1, -0.05) is 11.6 Å². The standard InChI is InChI=1S/C17H24ClFN2O3.ClH/c1-12(24-16-4-3-13(19)11-15(16)18)17(22)21-8-5-14(6-9-21)23-10-2-7-20;/h3-4,11-12,14H,2,5-10,20H2,1H3;1H. The first-order valence-corrected chi connectivity index (χ1v) is 8.61. The largest absolute Gasteiger partial charge is 0.479 e. The number of hydrogen-bond donors (Lipinski definition) is 1. The Balaban J connectivity index is 0.00000312. The molecule has 2 N–H and O–H groups in total. The molecule has 5 nitrogen and oxygen atoms in total. The second kappa shape index (κ2) is 10.8. The summed E-state index contributed by atoms with van der Waals surface area (Å²) in [6, 6.07) is 3.85. The van der Waals surface area contributed by atoms with Gasteiger partial charge in [-0.25, -0.2) is 4.39 Å². The topological polar surface area (TPSA) is 64.8 Å². The number of nitrogens with two attached hydrogens (primary N) is 1. The Labute approximate surface area is 159 Å². The summed E-state index contributed by atoms with van der Waals surface area (Å²) in [7, 11) is 0. The van der Waals surface area contributed by atoms with Crippen molar-refractivity contribution in [2.24, 2.45) is 5.73 Å². The molecule has 2 rings (SSSR count). The molecule has 0 aliphatic carbocycles. The third-order valence-corrected chi connectivity index (χ3v) is 4.30. The van der Waals surface area contributed by atoms with Gasteiger partial charge >= 0.3 is 0 Å². The quantitative estimate of drug-likeness (QED) is 0.721. The predicted molar refractivity (Wildman–Crippen MR) is 98.0 cm³/mol. The zero-order valence-electron chi connectivity index (χ0n) is 14.2. The van der Waals surface area contributed by atoms with Gasteiger partial charge in [0.2, 0.25) is 0 Å². The number of hydrogen-bond acceptors (Lipinski definition) is 4. The highest BCUT2D eigenvalue weighted by atomic mass is 35.5. The van der Waals surface area contributed by atoms with E-state index < -0.39 is 11.9 Å². The van der Waals surface area contributed by atoms with Gasteiger partial charge in [-0.2, -0.15) is 0 Å².